The zero-order chi connectivity index (χ0) is 17.3. The summed E-state index contributed by atoms with van der Waals surface area (Å²) in [6.45, 7) is 6.43. The van der Waals surface area contributed by atoms with Crippen molar-refractivity contribution in [1.29, 1.82) is 5.26 Å². The van der Waals surface area contributed by atoms with E-state index in [9.17, 15) is 9.59 Å². The number of ether oxygens (including phenoxy) is 1. The van der Waals surface area contributed by atoms with E-state index < -0.39 is 5.91 Å². The van der Waals surface area contributed by atoms with Gasteiger partial charge in [-0.3, -0.25) is 15.0 Å². The quantitative estimate of drug-likeness (QED) is 0.811. The predicted octanol–water partition coefficient (Wildman–Crippen LogP) is 0.857. The lowest BCUT2D eigenvalue weighted by molar-refractivity contribution is -0.154. The molecule has 0 aromatic carbocycles. The van der Waals surface area contributed by atoms with Crippen LogP contribution in [0.1, 0.15) is 32.6 Å². The molecule has 1 saturated heterocycles. The molecule has 7 heteroatoms. The monoisotopic (exact) mass is 330 g/mol. The van der Waals surface area contributed by atoms with Crippen molar-refractivity contribution in [3.8, 4) is 6.07 Å². The second-order valence-electron chi connectivity index (χ2n) is 6.44. The van der Waals surface area contributed by atoms with E-state index in [0.29, 0.717) is 24.4 Å². The summed E-state index contributed by atoms with van der Waals surface area (Å²) in [5.41, 5.74) is 3.84. The van der Waals surface area contributed by atoms with Gasteiger partial charge in [-0.2, -0.15) is 5.26 Å². The van der Waals surface area contributed by atoms with Gasteiger partial charge in [0.1, 0.15) is 18.2 Å². The van der Waals surface area contributed by atoms with Gasteiger partial charge in [-0.25, -0.2) is 5.01 Å². The highest BCUT2D eigenvalue weighted by molar-refractivity contribution is 6.01. The van der Waals surface area contributed by atoms with Crippen LogP contribution < -0.4 is 5.43 Å². The first-order chi connectivity index (χ1) is 11.5. The van der Waals surface area contributed by atoms with Crippen molar-refractivity contribution >= 4 is 11.8 Å². The largest absolute Gasteiger partial charge is 0.374 e. The van der Waals surface area contributed by atoms with Gasteiger partial charge in [0.15, 0.2) is 0 Å². The molecule has 7 nitrogen and oxygen atoms in total. The molecule has 0 spiro atoms. The van der Waals surface area contributed by atoms with Gasteiger partial charge in [0.25, 0.3) is 5.91 Å². The van der Waals surface area contributed by atoms with Gasteiger partial charge in [0, 0.05) is 6.54 Å². The minimum absolute atomic E-state index is 0.0315. The van der Waals surface area contributed by atoms with Crippen LogP contribution in [0.25, 0.3) is 0 Å². The van der Waals surface area contributed by atoms with E-state index in [4.69, 9.17) is 10.00 Å². The second kappa shape index (κ2) is 6.65. The van der Waals surface area contributed by atoms with Crippen molar-refractivity contribution in [2.45, 2.75) is 44.8 Å². The number of nitrogens with one attached hydrogen (secondary N) is 1. The number of carbonyl (C=O) groups excluding carboxylic acids is 2. The minimum atomic E-state index is -0.482. The summed E-state index contributed by atoms with van der Waals surface area (Å²) < 4.78 is 5.78. The van der Waals surface area contributed by atoms with Crippen LogP contribution in [-0.4, -0.2) is 53.6 Å². The van der Waals surface area contributed by atoms with E-state index in [1.807, 2.05) is 11.0 Å². The molecule has 2 unspecified atom stereocenters. The maximum Gasteiger partial charge on any atom is 0.283 e. The van der Waals surface area contributed by atoms with Gasteiger partial charge in [0.05, 0.1) is 24.4 Å². The summed E-state index contributed by atoms with van der Waals surface area (Å²) in [6.07, 6.45) is 4.24. The number of hydrazine groups is 1. The fourth-order valence-corrected chi connectivity index (χ4v) is 3.62. The Hall–Kier alpha value is -2.33. The van der Waals surface area contributed by atoms with Gasteiger partial charge in [-0.05, 0) is 25.3 Å². The first-order valence-electron chi connectivity index (χ1n) is 8.32. The number of amides is 2. The Morgan fingerprint density at radius 2 is 2.21 bits per heavy atom. The maximum atomic E-state index is 12.8. The number of nitriles is 1. The summed E-state index contributed by atoms with van der Waals surface area (Å²) in [6, 6.07) is 2.00. The molecular weight excluding hydrogens is 308 g/mol. The van der Waals surface area contributed by atoms with Crippen molar-refractivity contribution in [2.24, 2.45) is 0 Å². The van der Waals surface area contributed by atoms with Gasteiger partial charge >= 0.3 is 0 Å². The molecule has 3 aliphatic rings. The molecule has 128 valence electrons. The molecule has 1 aliphatic carbocycles. The van der Waals surface area contributed by atoms with E-state index in [0.717, 1.165) is 25.7 Å². The van der Waals surface area contributed by atoms with Crippen molar-refractivity contribution < 1.29 is 14.3 Å². The van der Waals surface area contributed by atoms with Crippen molar-refractivity contribution in [1.82, 2.24) is 15.3 Å². The lowest BCUT2D eigenvalue weighted by Gasteiger charge is -2.44. The Bertz CT molecular complexity index is 647. The topological polar surface area (TPSA) is 85.7 Å². The second-order valence-corrected chi connectivity index (χ2v) is 6.44. The summed E-state index contributed by atoms with van der Waals surface area (Å²) >= 11 is 0. The lowest BCUT2D eigenvalue weighted by atomic mass is 9.90. The van der Waals surface area contributed by atoms with E-state index in [1.54, 1.807) is 6.92 Å². The third-order valence-corrected chi connectivity index (χ3v) is 5.01. The fraction of sp³-hybridized carbons (Fsp3) is 0.588. The molecule has 0 aromatic heterocycles. The van der Waals surface area contributed by atoms with Crippen LogP contribution >= 0.6 is 0 Å². The summed E-state index contributed by atoms with van der Waals surface area (Å²) in [5, 5.41) is 10.4. The summed E-state index contributed by atoms with van der Waals surface area (Å²) in [4.78, 5) is 27.0. The number of fused-ring (bicyclic) bond motifs is 1. The smallest absolute Gasteiger partial charge is 0.283 e. The molecule has 2 aliphatic heterocycles. The number of morpholine rings is 1. The first kappa shape index (κ1) is 16.5. The summed E-state index contributed by atoms with van der Waals surface area (Å²) in [7, 11) is 0. The number of carbonyl (C=O) groups is 2. The zero-order valence-corrected chi connectivity index (χ0v) is 13.9. The SMILES string of the molecule is C=C1NN(CC(=O)N2CCOC3CCCCC32)C(=O)C(C#N)=C1C. The number of hydrogen-bond acceptors (Lipinski definition) is 5. The molecule has 2 amide bonds. The Labute approximate surface area is 141 Å². The van der Waals surface area contributed by atoms with Crippen LogP contribution in [-0.2, 0) is 14.3 Å². The average Bonchev–Trinajstić information content (AvgIpc) is 2.59. The molecule has 2 fully saturated rings. The molecule has 1 N–H and O–H groups in total. The van der Waals surface area contributed by atoms with Gasteiger partial charge in [-0.1, -0.05) is 19.4 Å². The molecule has 0 aromatic rings. The summed E-state index contributed by atoms with van der Waals surface area (Å²) in [5.74, 6) is -0.607. The van der Waals surface area contributed by atoms with Gasteiger partial charge in [-0.15, -0.1) is 0 Å². The first-order valence-corrected chi connectivity index (χ1v) is 8.32. The van der Waals surface area contributed by atoms with Crippen molar-refractivity contribution in [3.05, 3.63) is 23.4 Å². The van der Waals surface area contributed by atoms with Crippen molar-refractivity contribution in [2.75, 3.05) is 19.7 Å². The van der Waals surface area contributed by atoms with Crippen LogP contribution in [0.4, 0.5) is 0 Å². The lowest BCUT2D eigenvalue weighted by Crippen LogP contribution is -2.58. The third-order valence-electron chi connectivity index (χ3n) is 5.01. The normalized spacial score (nSPS) is 27.5. The zero-order valence-electron chi connectivity index (χ0n) is 13.9. The van der Waals surface area contributed by atoms with E-state index >= 15 is 0 Å². The predicted molar refractivity (Wildman–Crippen MR) is 86.0 cm³/mol. The Morgan fingerprint density at radius 1 is 1.46 bits per heavy atom. The molecule has 24 heavy (non-hydrogen) atoms. The van der Waals surface area contributed by atoms with Crippen LogP contribution in [0.3, 0.4) is 0 Å². The molecule has 3 rings (SSSR count). The third kappa shape index (κ3) is 2.89. The van der Waals surface area contributed by atoms with E-state index in [1.165, 1.54) is 5.01 Å². The standard InChI is InChI=1S/C17H22N4O3/c1-11-12(2)19-21(17(23)13(11)9-18)10-16(22)20-7-8-24-15-6-4-3-5-14(15)20/h14-15,19H,2-8,10H2,1H3. The van der Waals surface area contributed by atoms with E-state index in [-0.39, 0.29) is 30.2 Å². The van der Waals surface area contributed by atoms with Crippen LogP contribution in [0.15, 0.2) is 23.4 Å². The van der Waals surface area contributed by atoms with Crippen LogP contribution in [0, 0.1) is 11.3 Å². The number of allylic oxidation sites excluding steroid dienone is 1. The Balaban J connectivity index is 1.72. The molecule has 0 radical (unpaired) electrons. The highest BCUT2D eigenvalue weighted by atomic mass is 16.5. The minimum Gasteiger partial charge on any atom is -0.374 e. The highest BCUT2D eigenvalue weighted by Gasteiger charge is 2.38. The van der Waals surface area contributed by atoms with Crippen molar-refractivity contribution in [3.63, 3.8) is 0 Å². The van der Waals surface area contributed by atoms with E-state index in [2.05, 4.69) is 12.0 Å². The van der Waals surface area contributed by atoms with Crippen LogP contribution in [0.2, 0.25) is 0 Å². The number of hydrogen-bond donors (Lipinski definition) is 1. The highest BCUT2D eigenvalue weighted by Crippen LogP contribution is 2.28. The Kier molecular flexibility index (Phi) is 4.58. The van der Waals surface area contributed by atoms with Gasteiger partial charge < -0.3 is 9.64 Å². The average molecular weight is 330 g/mol. The molecule has 2 atom stereocenters. The molecular formula is C17H22N4O3. The molecule has 0 bridgehead atoms. The Morgan fingerprint density at radius 3 is 2.96 bits per heavy atom. The molecule has 1 saturated carbocycles. The maximum absolute atomic E-state index is 12.8. The number of nitrogens with zero attached hydrogens (tertiary/aromatic N) is 3. The van der Waals surface area contributed by atoms with Gasteiger partial charge in [0.2, 0.25) is 5.91 Å². The molecule has 2 heterocycles. The fourth-order valence-electron chi connectivity index (χ4n) is 3.62. The van der Waals surface area contributed by atoms with Crippen LogP contribution in [0.5, 0.6) is 0 Å². The number of rotatable bonds is 2.